The lowest BCUT2D eigenvalue weighted by atomic mass is 10.1. The number of nitrogens with one attached hydrogen (secondary N) is 1. The minimum absolute atomic E-state index is 0.0360. The normalized spacial score (nSPS) is 13.1. The van der Waals surface area contributed by atoms with Crippen molar-refractivity contribution in [1.29, 1.82) is 0 Å². The zero-order valence-corrected chi connectivity index (χ0v) is 12.0. The summed E-state index contributed by atoms with van der Waals surface area (Å²) in [6, 6.07) is 2.52. The highest BCUT2D eigenvalue weighted by molar-refractivity contribution is 6.36. The van der Waals surface area contributed by atoms with E-state index in [4.69, 9.17) is 32.7 Å². The molecule has 18 heavy (non-hydrogen) atoms. The van der Waals surface area contributed by atoms with Crippen LogP contribution in [0, 0.1) is 5.82 Å². The van der Waals surface area contributed by atoms with E-state index in [0.717, 1.165) is 0 Å². The van der Waals surface area contributed by atoms with Crippen molar-refractivity contribution in [1.82, 2.24) is 5.32 Å². The smallest absolute Gasteiger partial charge is 0.169 e. The van der Waals surface area contributed by atoms with Crippen LogP contribution < -0.4 is 5.32 Å². The Bertz CT molecular complexity index is 400. The summed E-state index contributed by atoms with van der Waals surface area (Å²) in [5.74, 6) is -0.486. The van der Waals surface area contributed by atoms with Gasteiger partial charge in [0, 0.05) is 37.4 Å². The van der Waals surface area contributed by atoms with Gasteiger partial charge in [-0.05, 0) is 19.1 Å². The van der Waals surface area contributed by atoms with Crippen molar-refractivity contribution in [3.63, 3.8) is 0 Å². The maximum absolute atomic E-state index is 13.4. The Labute approximate surface area is 116 Å². The standard InChI is InChI=1S/C12H16Cl2FNO2/c1-7(16-6-10(17-2)18-3)11-8(13)4-5-9(15)12(11)14/h4-5,7,10,16H,6H2,1-3H3. The summed E-state index contributed by atoms with van der Waals surface area (Å²) >= 11 is 11.9. The van der Waals surface area contributed by atoms with Crippen LogP contribution >= 0.6 is 23.2 Å². The van der Waals surface area contributed by atoms with Gasteiger partial charge in [0.15, 0.2) is 6.29 Å². The number of benzene rings is 1. The molecule has 1 atom stereocenters. The summed E-state index contributed by atoms with van der Waals surface area (Å²) < 4.78 is 23.5. The topological polar surface area (TPSA) is 30.5 Å². The minimum atomic E-state index is -0.486. The van der Waals surface area contributed by atoms with Gasteiger partial charge in [0.25, 0.3) is 0 Å². The van der Waals surface area contributed by atoms with Gasteiger partial charge in [0.05, 0.1) is 5.02 Å². The zero-order valence-electron chi connectivity index (χ0n) is 10.5. The zero-order chi connectivity index (χ0) is 13.7. The third-order valence-electron chi connectivity index (χ3n) is 2.63. The van der Waals surface area contributed by atoms with Crippen molar-refractivity contribution >= 4 is 23.2 Å². The Kier molecular flexibility index (Phi) is 6.32. The van der Waals surface area contributed by atoms with Gasteiger partial charge in [0.1, 0.15) is 5.82 Å². The maximum Gasteiger partial charge on any atom is 0.169 e. The molecule has 1 unspecified atom stereocenters. The van der Waals surface area contributed by atoms with Gasteiger partial charge in [-0.25, -0.2) is 4.39 Å². The molecule has 1 aromatic rings. The van der Waals surface area contributed by atoms with Gasteiger partial charge >= 0.3 is 0 Å². The molecule has 0 aliphatic rings. The summed E-state index contributed by atoms with van der Waals surface area (Å²) in [4.78, 5) is 0. The van der Waals surface area contributed by atoms with E-state index in [2.05, 4.69) is 5.32 Å². The van der Waals surface area contributed by atoms with Gasteiger partial charge in [0.2, 0.25) is 0 Å². The van der Waals surface area contributed by atoms with Crippen molar-refractivity contribution in [3.8, 4) is 0 Å². The van der Waals surface area contributed by atoms with Crippen LogP contribution in [0.3, 0.4) is 0 Å². The first-order valence-corrected chi connectivity index (χ1v) is 6.19. The lowest BCUT2D eigenvalue weighted by Crippen LogP contribution is -2.31. The number of halogens is 3. The van der Waals surface area contributed by atoms with Crippen molar-refractivity contribution in [3.05, 3.63) is 33.6 Å². The third kappa shape index (κ3) is 3.80. The summed E-state index contributed by atoms with van der Waals surface area (Å²) in [5.41, 5.74) is 0.532. The molecule has 0 radical (unpaired) electrons. The van der Waals surface area contributed by atoms with Gasteiger partial charge in [-0.2, -0.15) is 0 Å². The molecule has 0 aromatic heterocycles. The Hall–Kier alpha value is -0.390. The average Bonchev–Trinajstić information content (AvgIpc) is 2.35. The molecule has 0 saturated carbocycles. The van der Waals surface area contributed by atoms with Crippen molar-refractivity contribution in [2.75, 3.05) is 20.8 Å². The van der Waals surface area contributed by atoms with Crippen molar-refractivity contribution in [2.24, 2.45) is 0 Å². The van der Waals surface area contributed by atoms with Gasteiger partial charge in [-0.3, -0.25) is 0 Å². The molecule has 0 fully saturated rings. The molecule has 3 nitrogen and oxygen atoms in total. The van der Waals surface area contributed by atoms with Gasteiger partial charge < -0.3 is 14.8 Å². The lowest BCUT2D eigenvalue weighted by Gasteiger charge is -2.20. The first-order chi connectivity index (χ1) is 8.51. The van der Waals surface area contributed by atoms with E-state index in [1.165, 1.54) is 12.1 Å². The van der Waals surface area contributed by atoms with E-state index < -0.39 is 5.82 Å². The van der Waals surface area contributed by atoms with Crippen LogP contribution in [0.15, 0.2) is 12.1 Å². The van der Waals surface area contributed by atoms with Crippen LogP contribution in [-0.4, -0.2) is 27.1 Å². The predicted molar refractivity (Wildman–Crippen MR) is 70.6 cm³/mol. The molecule has 0 saturated heterocycles. The van der Waals surface area contributed by atoms with Gasteiger partial charge in [-0.15, -0.1) is 0 Å². The van der Waals surface area contributed by atoms with E-state index in [-0.39, 0.29) is 17.4 Å². The second-order valence-corrected chi connectivity index (χ2v) is 4.57. The molecule has 0 aliphatic carbocycles. The number of rotatable bonds is 6. The number of ether oxygens (including phenoxy) is 2. The Morgan fingerprint density at radius 2 is 1.89 bits per heavy atom. The summed E-state index contributed by atoms with van der Waals surface area (Å²) in [6.45, 7) is 2.28. The lowest BCUT2D eigenvalue weighted by molar-refractivity contribution is -0.0997. The Balaban J connectivity index is 2.78. The summed E-state index contributed by atoms with van der Waals surface area (Å²) in [7, 11) is 3.09. The van der Waals surface area contributed by atoms with Crippen LogP contribution in [0.1, 0.15) is 18.5 Å². The van der Waals surface area contributed by atoms with E-state index in [9.17, 15) is 4.39 Å². The Morgan fingerprint density at radius 3 is 2.44 bits per heavy atom. The molecule has 1 N–H and O–H groups in total. The molecule has 1 rings (SSSR count). The fraction of sp³-hybridized carbons (Fsp3) is 0.500. The first kappa shape index (κ1) is 15.7. The van der Waals surface area contributed by atoms with Crippen LogP contribution in [0.25, 0.3) is 0 Å². The molecular formula is C12H16Cl2FNO2. The second kappa shape index (κ2) is 7.26. The van der Waals surface area contributed by atoms with Crippen molar-refractivity contribution in [2.45, 2.75) is 19.3 Å². The highest BCUT2D eigenvalue weighted by Gasteiger charge is 2.17. The minimum Gasteiger partial charge on any atom is -0.355 e. The third-order valence-corrected chi connectivity index (χ3v) is 3.34. The van der Waals surface area contributed by atoms with E-state index >= 15 is 0 Å². The number of hydrogen-bond acceptors (Lipinski definition) is 3. The molecule has 0 aliphatic heterocycles. The average molecular weight is 296 g/mol. The summed E-state index contributed by atoms with van der Waals surface area (Å²) in [5, 5.41) is 3.58. The molecule has 0 bridgehead atoms. The maximum atomic E-state index is 13.4. The molecule has 0 spiro atoms. The molecule has 0 amide bonds. The van der Waals surface area contributed by atoms with Gasteiger partial charge in [-0.1, -0.05) is 23.2 Å². The van der Waals surface area contributed by atoms with Crippen LogP contribution in [0.2, 0.25) is 10.0 Å². The van der Waals surface area contributed by atoms with Crippen molar-refractivity contribution < 1.29 is 13.9 Å². The quantitative estimate of drug-likeness (QED) is 0.644. The van der Waals surface area contributed by atoms with Crippen LogP contribution in [-0.2, 0) is 9.47 Å². The van der Waals surface area contributed by atoms with Crippen LogP contribution in [0.4, 0.5) is 4.39 Å². The fourth-order valence-electron chi connectivity index (χ4n) is 1.58. The molecular weight excluding hydrogens is 280 g/mol. The highest BCUT2D eigenvalue weighted by atomic mass is 35.5. The molecule has 1 aromatic carbocycles. The van der Waals surface area contributed by atoms with Crippen LogP contribution in [0.5, 0.6) is 0 Å². The first-order valence-electron chi connectivity index (χ1n) is 5.43. The number of hydrogen-bond donors (Lipinski definition) is 1. The largest absolute Gasteiger partial charge is 0.355 e. The van der Waals surface area contributed by atoms with E-state index in [1.54, 1.807) is 14.2 Å². The second-order valence-electron chi connectivity index (χ2n) is 3.79. The highest BCUT2D eigenvalue weighted by Crippen LogP contribution is 2.32. The summed E-state index contributed by atoms with van der Waals surface area (Å²) in [6.07, 6.45) is -0.376. The monoisotopic (exact) mass is 295 g/mol. The fourth-order valence-corrected chi connectivity index (χ4v) is 2.28. The molecule has 102 valence electrons. The van der Waals surface area contributed by atoms with E-state index in [1.807, 2.05) is 6.92 Å². The Morgan fingerprint density at radius 1 is 1.28 bits per heavy atom. The molecule has 6 heteroatoms. The number of methoxy groups -OCH3 is 2. The predicted octanol–water partition coefficient (Wildman–Crippen LogP) is 3.40. The van der Waals surface area contributed by atoms with E-state index in [0.29, 0.717) is 17.1 Å². The molecule has 0 heterocycles. The SMILES string of the molecule is COC(CNC(C)c1c(Cl)ccc(F)c1Cl)OC.